The van der Waals surface area contributed by atoms with E-state index in [4.69, 9.17) is 33.5 Å². The summed E-state index contributed by atoms with van der Waals surface area (Å²) in [5, 5.41) is 1.00. The number of rotatable bonds is 3. The predicted molar refractivity (Wildman–Crippen MR) is 77.3 cm³/mol. The minimum atomic E-state index is -4.07. The van der Waals surface area contributed by atoms with Crippen LogP contribution in [0.1, 0.15) is 0 Å². The smallest absolute Gasteiger partial charge is 0.396 e. The summed E-state index contributed by atoms with van der Waals surface area (Å²) in [5.74, 6) is -0.586. The third-order valence-electron chi connectivity index (χ3n) is 1.92. The van der Waals surface area contributed by atoms with E-state index in [0.29, 0.717) is 15.7 Å². The third-order valence-corrected chi connectivity index (χ3v) is 3.97. The van der Waals surface area contributed by atoms with E-state index in [1.54, 1.807) is 18.2 Å². The number of benzene rings is 1. The Morgan fingerprint density at radius 1 is 1.30 bits per heavy atom. The number of nitrogen functional groups attached to an aromatic ring is 1. The standard InChI is InChI=1S/C6H5Cl2N.C3H7NO5S2/c7-4-2-1-3-5(8)6(4)9;1-4(10(5)6)2-3-11(7,8)9/h1-3H,9H2;2-3H2,1H3/p+1. The number of halogens is 2. The van der Waals surface area contributed by atoms with Gasteiger partial charge in [-0.05, 0) is 12.1 Å². The lowest BCUT2D eigenvalue weighted by molar-refractivity contribution is -0.466. The summed E-state index contributed by atoms with van der Waals surface area (Å²) >= 11 is 11.2. The molecule has 0 atom stereocenters. The van der Waals surface area contributed by atoms with Gasteiger partial charge in [0.05, 0.1) is 15.7 Å². The van der Waals surface area contributed by atoms with Crippen molar-refractivity contribution in [1.82, 2.24) is 0 Å². The molecule has 0 fully saturated rings. The lowest BCUT2D eigenvalue weighted by atomic mass is 10.3. The van der Waals surface area contributed by atoms with E-state index in [-0.39, 0.29) is 6.54 Å². The molecule has 3 N–H and O–H groups in total. The molecule has 0 aromatic heterocycles. The minimum absolute atomic E-state index is 0.241. The molecule has 0 saturated heterocycles. The minimum Gasteiger partial charge on any atom is -0.396 e. The molecule has 0 bridgehead atoms. The van der Waals surface area contributed by atoms with Gasteiger partial charge in [-0.3, -0.25) is 4.55 Å². The van der Waals surface area contributed by atoms with Gasteiger partial charge in [-0.1, -0.05) is 29.3 Å². The van der Waals surface area contributed by atoms with Gasteiger partial charge in [-0.2, -0.15) is 8.42 Å². The quantitative estimate of drug-likeness (QED) is 0.472. The maximum Gasteiger partial charge on any atom is 0.458 e. The normalized spacial score (nSPS) is 10.4. The number of hydrogen-bond acceptors (Lipinski definition) is 5. The zero-order valence-electron chi connectivity index (χ0n) is 10.3. The Hall–Kier alpha value is -0.870. The number of anilines is 1. The van der Waals surface area contributed by atoms with Gasteiger partial charge in [0, 0.05) is 0 Å². The van der Waals surface area contributed by atoms with Crippen LogP contribution in [-0.4, -0.2) is 44.7 Å². The van der Waals surface area contributed by atoms with Crippen molar-refractivity contribution in [3.05, 3.63) is 28.2 Å². The Kier molecular flexibility index (Phi) is 8.06. The number of hydrogen-bond donors (Lipinski definition) is 2. The molecular weight excluding hydrogens is 351 g/mol. The first-order chi connectivity index (χ1) is 9.04. The Balaban J connectivity index is 0.000000367. The molecule has 0 aliphatic heterocycles. The Morgan fingerprint density at radius 3 is 2.05 bits per heavy atom. The molecule has 0 amide bonds. The number of nitrogens with two attached hydrogens (primary N) is 1. The van der Waals surface area contributed by atoms with E-state index in [2.05, 4.69) is 0 Å². The molecular formula is C9H13Cl2N2O5S2+. The zero-order valence-corrected chi connectivity index (χ0v) is 13.5. The van der Waals surface area contributed by atoms with Gasteiger partial charge in [0.2, 0.25) is 0 Å². The van der Waals surface area contributed by atoms with Gasteiger partial charge in [-0.15, -0.1) is 12.4 Å². The molecule has 11 heteroatoms. The van der Waals surface area contributed by atoms with Crippen molar-refractivity contribution in [3.63, 3.8) is 0 Å². The third kappa shape index (κ3) is 8.33. The number of nitrogens with zero attached hydrogens (tertiary/aromatic N) is 1. The Bertz CT molecular complexity index is 673. The largest absolute Gasteiger partial charge is 0.458 e. The average Bonchev–Trinajstić information content (AvgIpc) is 2.32. The van der Waals surface area contributed by atoms with Crippen molar-refractivity contribution in [2.75, 3.05) is 25.1 Å². The van der Waals surface area contributed by atoms with Crippen LogP contribution in [0.3, 0.4) is 0 Å². The molecule has 0 spiro atoms. The van der Waals surface area contributed by atoms with Gasteiger partial charge in [-0.25, -0.2) is 0 Å². The summed E-state index contributed by atoms with van der Waals surface area (Å²) in [6.07, 6.45) is 0. The molecule has 0 heterocycles. The second kappa shape index (κ2) is 8.42. The summed E-state index contributed by atoms with van der Waals surface area (Å²) in [5.41, 5.74) is 5.86. The zero-order chi connectivity index (χ0) is 15.9. The second-order valence-electron chi connectivity index (χ2n) is 3.49. The van der Waals surface area contributed by atoms with Crippen molar-refractivity contribution in [2.24, 2.45) is 0 Å². The van der Waals surface area contributed by atoms with E-state index >= 15 is 0 Å². The van der Waals surface area contributed by atoms with Crippen LogP contribution >= 0.6 is 23.2 Å². The molecule has 0 radical (unpaired) electrons. The number of para-hydroxylation sites is 1. The van der Waals surface area contributed by atoms with Crippen molar-refractivity contribution >= 4 is 49.5 Å². The van der Waals surface area contributed by atoms with Crippen LogP contribution in [0.5, 0.6) is 0 Å². The monoisotopic (exact) mass is 363 g/mol. The summed E-state index contributed by atoms with van der Waals surface area (Å²) in [6, 6.07) is 5.15. The van der Waals surface area contributed by atoms with Crippen LogP contribution in [0.25, 0.3) is 0 Å². The Labute approximate surface area is 128 Å². The highest BCUT2D eigenvalue weighted by molar-refractivity contribution is 7.85. The highest BCUT2D eigenvalue weighted by Gasteiger charge is 2.09. The Morgan fingerprint density at radius 2 is 1.75 bits per heavy atom. The summed E-state index contributed by atoms with van der Waals surface area (Å²) in [7, 11) is -5.30. The lowest BCUT2D eigenvalue weighted by Crippen LogP contribution is -2.16. The van der Waals surface area contributed by atoms with E-state index in [9.17, 15) is 16.8 Å². The molecule has 20 heavy (non-hydrogen) atoms. The van der Waals surface area contributed by atoms with E-state index < -0.39 is 26.4 Å². The predicted octanol–water partition coefficient (Wildman–Crippen LogP) is 1.15. The van der Waals surface area contributed by atoms with E-state index in [1.165, 1.54) is 7.05 Å². The first kappa shape index (κ1) is 19.1. The molecule has 7 nitrogen and oxygen atoms in total. The van der Waals surface area contributed by atoms with Crippen LogP contribution in [0, 0.1) is 0 Å². The van der Waals surface area contributed by atoms with E-state index in [1.807, 2.05) is 0 Å². The molecule has 1 aromatic rings. The van der Waals surface area contributed by atoms with Gasteiger partial charge < -0.3 is 5.73 Å². The molecule has 1 rings (SSSR count). The van der Waals surface area contributed by atoms with Gasteiger partial charge in [0.25, 0.3) is 10.1 Å². The van der Waals surface area contributed by atoms with Crippen molar-refractivity contribution < 1.29 is 25.3 Å². The lowest BCUT2D eigenvalue weighted by Gasteiger charge is -1.96. The average molecular weight is 364 g/mol. The van der Waals surface area contributed by atoms with Gasteiger partial charge in [0.15, 0.2) is 13.6 Å². The van der Waals surface area contributed by atoms with Crippen molar-refractivity contribution in [1.29, 1.82) is 0 Å². The van der Waals surface area contributed by atoms with Crippen LogP contribution in [0.2, 0.25) is 10.0 Å². The molecule has 0 unspecified atom stereocenters. The molecule has 114 valence electrons. The first-order valence-corrected chi connectivity index (χ1v) is 8.39. The fourth-order valence-corrected chi connectivity index (χ4v) is 2.09. The maximum atomic E-state index is 10.1. The summed E-state index contributed by atoms with van der Waals surface area (Å²) < 4.78 is 49.3. The summed E-state index contributed by atoms with van der Waals surface area (Å²) in [4.78, 5) is 0. The van der Waals surface area contributed by atoms with Crippen molar-refractivity contribution in [3.8, 4) is 0 Å². The van der Waals surface area contributed by atoms with E-state index in [0.717, 1.165) is 3.95 Å². The van der Waals surface area contributed by atoms with Crippen molar-refractivity contribution in [2.45, 2.75) is 0 Å². The summed E-state index contributed by atoms with van der Waals surface area (Å²) in [6.45, 7) is -0.241. The maximum absolute atomic E-state index is 10.1. The van der Waals surface area contributed by atoms with Crippen LogP contribution in [-0.2, 0) is 20.6 Å². The van der Waals surface area contributed by atoms with Crippen LogP contribution < -0.4 is 5.73 Å². The van der Waals surface area contributed by atoms with Gasteiger partial charge in [0.1, 0.15) is 5.75 Å². The first-order valence-electron chi connectivity index (χ1n) is 4.99. The molecule has 0 saturated carbocycles. The highest BCUT2D eigenvalue weighted by atomic mass is 35.5. The molecule has 0 aliphatic carbocycles. The van der Waals surface area contributed by atoms with Crippen LogP contribution in [0.4, 0.5) is 5.69 Å². The van der Waals surface area contributed by atoms with Crippen LogP contribution in [0.15, 0.2) is 18.2 Å². The SMILES string of the molecule is C[N+](CCS(=O)(=O)O)=S(=O)=O.Nc1c(Cl)cccc1Cl. The molecule has 1 aromatic carbocycles. The fourth-order valence-electron chi connectivity index (χ4n) is 0.829. The topological polar surface area (TPSA) is 118 Å². The second-order valence-corrected chi connectivity index (χ2v) is 6.93. The van der Waals surface area contributed by atoms with Gasteiger partial charge >= 0.3 is 10.5 Å². The molecule has 0 aliphatic rings. The fraction of sp³-hybridized carbons (Fsp3) is 0.333. The highest BCUT2D eigenvalue weighted by Crippen LogP contribution is 2.25.